The Labute approximate surface area is 113 Å². The highest BCUT2D eigenvalue weighted by atomic mass is 19.1. The maximum Gasteiger partial charge on any atom is 0.240 e. The molecule has 2 aromatic rings. The van der Waals surface area contributed by atoms with E-state index in [4.69, 9.17) is 0 Å². The van der Waals surface area contributed by atoms with Crippen molar-refractivity contribution in [2.24, 2.45) is 5.92 Å². The van der Waals surface area contributed by atoms with Gasteiger partial charge in [0.15, 0.2) is 0 Å². The van der Waals surface area contributed by atoms with Crippen molar-refractivity contribution in [1.29, 1.82) is 0 Å². The van der Waals surface area contributed by atoms with Crippen LogP contribution in [-0.4, -0.2) is 9.78 Å². The average Bonchev–Trinajstić information content (AvgIpc) is 3.14. The molecule has 0 bridgehead atoms. The Morgan fingerprint density at radius 1 is 1.26 bits per heavy atom. The number of rotatable bonds is 4. The summed E-state index contributed by atoms with van der Waals surface area (Å²) in [5.74, 6) is 0.281. The van der Waals surface area contributed by atoms with E-state index in [-0.39, 0.29) is 5.95 Å². The number of hydrogen-bond acceptors (Lipinski definition) is 1. The van der Waals surface area contributed by atoms with Gasteiger partial charge in [-0.25, -0.2) is 0 Å². The van der Waals surface area contributed by atoms with Crippen LogP contribution in [0, 0.1) is 11.9 Å². The Bertz CT molecular complexity index is 565. The van der Waals surface area contributed by atoms with E-state index in [1.54, 1.807) is 4.68 Å². The molecule has 19 heavy (non-hydrogen) atoms. The fourth-order valence-corrected chi connectivity index (χ4v) is 2.38. The molecular weight excluding hydrogens is 239 g/mol. The first-order valence-corrected chi connectivity index (χ1v) is 6.97. The van der Waals surface area contributed by atoms with E-state index in [1.165, 1.54) is 5.56 Å². The molecule has 1 aromatic carbocycles. The van der Waals surface area contributed by atoms with Crippen molar-refractivity contribution in [3.8, 4) is 11.1 Å². The van der Waals surface area contributed by atoms with Gasteiger partial charge in [-0.1, -0.05) is 38.1 Å². The molecule has 0 saturated heterocycles. The van der Waals surface area contributed by atoms with Crippen molar-refractivity contribution < 1.29 is 4.39 Å². The van der Waals surface area contributed by atoms with Crippen molar-refractivity contribution >= 4 is 0 Å². The average molecular weight is 258 g/mol. The third kappa shape index (κ3) is 2.70. The van der Waals surface area contributed by atoms with Crippen LogP contribution < -0.4 is 0 Å². The topological polar surface area (TPSA) is 17.8 Å². The van der Waals surface area contributed by atoms with Crippen molar-refractivity contribution in [3.05, 3.63) is 42.0 Å². The molecule has 2 nitrogen and oxygen atoms in total. The summed E-state index contributed by atoms with van der Waals surface area (Å²) in [5.41, 5.74) is 2.83. The molecule has 1 aliphatic rings. The molecule has 1 aliphatic carbocycles. The number of hydrogen-bond donors (Lipinski definition) is 0. The largest absolute Gasteiger partial charge is 0.266 e. The van der Waals surface area contributed by atoms with Crippen LogP contribution in [0.2, 0.25) is 0 Å². The zero-order valence-electron chi connectivity index (χ0n) is 11.4. The maximum absolute atomic E-state index is 13.9. The lowest BCUT2D eigenvalue weighted by Gasteiger charge is -2.05. The molecule has 0 unspecified atom stereocenters. The molecule has 3 heteroatoms. The Balaban J connectivity index is 1.85. The van der Waals surface area contributed by atoms with E-state index in [0.29, 0.717) is 17.5 Å². The van der Waals surface area contributed by atoms with Gasteiger partial charge in [-0.3, -0.25) is 4.68 Å². The molecular formula is C16H19FN2. The van der Waals surface area contributed by atoms with Gasteiger partial charge in [0.25, 0.3) is 0 Å². The van der Waals surface area contributed by atoms with Crippen molar-refractivity contribution in [1.82, 2.24) is 9.78 Å². The van der Waals surface area contributed by atoms with E-state index in [0.717, 1.165) is 24.8 Å². The van der Waals surface area contributed by atoms with Crippen LogP contribution in [0.15, 0.2) is 30.5 Å². The monoisotopic (exact) mass is 258 g/mol. The lowest BCUT2D eigenvalue weighted by Crippen LogP contribution is -1.93. The minimum absolute atomic E-state index is 0.358. The summed E-state index contributed by atoms with van der Waals surface area (Å²) < 4.78 is 15.6. The third-order valence-corrected chi connectivity index (χ3v) is 3.52. The zero-order valence-corrected chi connectivity index (χ0v) is 11.4. The first-order chi connectivity index (χ1) is 9.13. The van der Waals surface area contributed by atoms with Crippen LogP contribution in [0.25, 0.3) is 11.1 Å². The molecule has 1 heterocycles. The predicted octanol–water partition coefficient (Wildman–Crippen LogP) is 4.22. The molecule has 1 aromatic heterocycles. The SMILES string of the molecule is CC(C)Cc1ccc(-c2cn(C3CC3)nc2F)cc1. The van der Waals surface area contributed by atoms with Gasteiger partial charge in [-0.15, -0.1) is 5.10 Å². The van der Waals surface area contributed by atoms with Gasteiger partial charge in [0.2, 0.25) is 5.95 Å². The third-order valence-electron chi connectivity index (χ3n) is 3.52. The molecule has 1 saturated carbocycles. The predicted molar refractivity (Wildman–Crippen MR) is 74.4 cm³/mol. The number of aromatic nitrogens is 2. The van der Waals surface area contributed by atoms with Crippen LogP contribution in [0.4, 0.5) is 4.39 Å². The van der Waals surface area contributed by atoms with Gasteiger partial charge >= 0.3 is 0 Å². The Morgan fingerprint density at radius 2 is 1.95 bits per heavy atom. The normalized spacial score (nSPS) is 15.2. The van der Waals surface area contributed by atoms with Crippen molar-refractivity contribution in [2.75, 3.05) is 0 Å². The maximum atomic E-state index is 13.9. The Kier molecular flexibility index (Phi) is 3.13. The number of nitrogens with zero attached hydrogens (tertiary/aromatic N) is 2. The van der Waals surface area contributed by atoms with Crippen LogP contribution in [0.1, 0.15) is 38.3 Å². The molecule has 100 valence electrons. The summed E-state index contributed by atoms with van der Waals surface area (Å²) in [4.78, 5) is 0. The van der Waals surface area contributed by atoms with Crippen LogP contribution in [0.5, 0.6) is 0 Å². The van der Waals surface area contributed by atoms with Crippen LogP contribution in [0.3, 0.4) is 0 Å². The molecule has 1 fully saturated rings. The fourth-order valence-electron chi connectivity index (χ4n) is 2.38. The van der Waals surface area contributed by atoms with Gasteiger partial charge in [-0.2, -0.15) is 4.39 Å². The van der Waals surface area contributed by atoms with E-state index in [2.05, 4.69) is 31.1 Å². The highest BCUT2D eigenvalue weighted by Gasteiger charge is 2.26. The van der Waals surface area contributed by atoms with Gasteiger partial charge in [0, 0.05) is 6.20 Å². The lowest BCUT2D eigenvalue weighted by atomic mass is 10.0. The van der Waals surface area contributed by atoms with E-state index < -0.39 is 0 Å². The smallest absolute Gasteiger partial charge is 0.240 e. The zero-order chi connectivity index (χ0) is 13.4. The summed E-state index contributed by atoms with van der Waals surface area (Å²) in [6.45, 7) is 4.40. The van der Waals surface area contributed by atoms with Gasteiger partial charge in [0.05, 0.1) is 11.6 Å². The first kappa shape index (κ1) is 12.4. The van der Waals surface area contributed by atoms with E-state index in [9.17, 15) is 4.39 Å². The summed E-state index contributed by atoms with van der Waals surface area (Å²) in [6.07, 6.45) is 5.14. The second kappa shape index (κ2) is 4.80. The molecule has 3 rings (SSSR count). The van der Waals surface area contributed by atoms with Gasteiger partial charge in [0.1, 0.15) is 0 Å². The highest BCUT2D eigenvalue weighted by molar-refractivity contribution is 5.62. The van der Waals surface area contributed by atoms with Crippen LogP contribution in [-0.2, 0) is 6.42 Å². The van der Waals surface area contributed by atoms with Gasteiger partial charge in [-0.05, 0) is 36.3 Å². The Morgan fingerprint density at radius 3 is 2.53 bits per heavy atom. The molecule has 0 aliphatic heterocycles. The summed E-state index contributed by atoms with van der Waals surface area (Å²) in [6, 6.07) is 8.58. The summed E-state index contributed by atoms with van der Waals surface area (Å²) in [7, 11) is 0. The quantitative estimate of drug-likeness (QED) is 0.802. The van der Waals surface area contributed by atoms with Crippen molar-refractivity contribution in [3.63, 3.8) is 0 Å². The van der Waals surface area contributed by atoms with E-state index >= 15 is 0 Å². The standard InChI is InChI=1S/C16H19FN2/c1-11(2)9-12-3-5-13(6-4-12)15-10-19(14-7-8-14)18-16(15)17/h3-6,10-11,14H,7-9H2,1-2H3. The molecule has 0 N–H and O–H groups in total. The minimum atomic E-state index is -0.358. The molecule has 0 atom stereocenters. The first-order valence-electron chi connectivity index (χ1n) is 6.97. The summed E-state index contributed by atoms with van der Waals surface area (Å²) in [5, 5.41) is 3.97. The van der Waals surface area contributed by atoms with Crippen LogP contribution >= 0.6 is 0 Å². The lowest BCUT2D eigenvalue weighted by molar-refractivity contribution is 0.529. The molecule has 0 radical (unpaired) electrons. The van der Waals surface area contributed by atoms with E-state index in [1.807, 2.05) is 18.3 Å². The second-order valence-electron chi connectivity index (χ2n) is 5.84. The summed E-state index contributed by atoms with van der Waals surface area (Å²) >= 11 is 0. The Hall–Kier alpha value is -1.64. The minimum Gasteiger partial charge on any atom is -0.266 e. The molecule has 0 amide bonds. The van der Waals surface area contributed by atoms with Gasteiger partial charge < -0.3 is 0 Å². The fraction of sp³-hybridized carbons (Fsp3) is 0.438. The van der Waals surface area contributed by atoms with Crippen molar-refractivity contribution in [2.45, 2.75) is 39.2 Å². The highest BCUT2D eigenvalue weighted by Crippen LogP contribution is 2.36. The number of halogens is 1. The second-order valence-corrected chi connectivity index (χ2v) is 5.84. The number of benzene rings is 1. The molecule has 0 spiro atoms.